The Hall–Kier alpha value is -2.62. The number of nitrogens with two attached hydrogens (primary N) is 1. The molecule has 2 rings (SSSR count). The van der Waals surface area contributed by atoms with E-state index in [1.54, 1.807) is 0 Å². The number of H-pyrrole nitrogens is 1. The van der Waals surface area contributed by atoms with Crippen molar-refractivity contribution in [2.45, 2.75) is 12.7 Å². The molecular weight excluding hydrogens is 289 g/mol. The van der Waals surface area contributed by atoms with Gasteiger partial charge in [-0.05, 0) is 18.2 Å². The number of carbonyl (C=O) groups is 1. The summed E-state index contributed by atoms with van der Waals surface area (Å²) in [5, 5.41) is 8.52. The van der Waals surface area contributed by atoms with Gasteiger partial charge >= 0.3 is 6.18 Å². The molecule has 5 N–H and O–H groups in total. The van der Waals surface area contributed by atoms with E-state index in [-0.39, 0.29) is 17.8 Å². The van der Waals surface area contributed by atoms with E-state index >= 15 is 0 Å². The Labute approximate surface area is 116 Å². The number of aromatic amines is 1. The van der Waals surface area contributed by atoms with Gasteiger partial charge in [0.25, 0.3) is 5.91 Å². The van der Waals surface area contributed by atoms with Gasteiger partial charge in [-0.3, -0.25) is 15.7 Å². The number of nitrogen functional groups attached to an aromatic ring is 1. The lowest BCUT2D eigenvalue weighted by molar-refractivity contribution is -0.137. The Bertz CT molecular complexity index is 625. The number of nitrogens with zero attached hydrogens (tertiary/aromatic N) is 2. The molecule has 1 amide bonds. The van der Waals surface area contributed by atoms with Gasteiger partial charge in [0.1, 0.15) is 12.2 Å². The molecule has 10 heteroatoms. The number of carbonyl (C=O) groups excluding carboxylic acids is 1. The van der Waals surface area contributed by atoms with Crippen molar-refractivity contribution in [2.75, 3.05) is 5.43 Å². The zero-order valence-electron chi connectivity index (χ0n) is 10.5. The van der Waals surface area contributed by atoms with Crippen molar-refractivity contribution in [3.05, 3.63) is 41.5 Å². The van der Waals surface area contributed by atoms with Gasteiger partial charge in [0, 0.05) is 0 Å². The minimum Gasteiger partial charge on any atom is -0.345 e. The molecule has 0 saturated heterocycles. The molecule has 0 aliphatic heterocycles. The molecule has 0 saturated carbocycles. The quantitative estimate of drug-likeness (QED) is 0.498. The van der Waals surface area contributed by atoms with E-state index in [1.165, 1.54) is 6.33 Å². The molecule has 0 atom stereocenters. The summed E-state index contributed by atoms with van der Waals surface area (Å²) in [5.41, 5.74) is 1.11. The average Bonchev–Trinajstić information content (AvgIpc) is 2.96. The molecule has 0 aliphatic carbocycles. The fraction of sp³-hybridized carbons (Fsp3) is 0.182. The molecule has 1 aromatic heterocycles. The predicted molar refractivity (Wildman–Crippen MR) is 66.8 cm³/mol. The fourth-order valence-corrected chi connectivity index (χ4v) is 1.61. The number of anilines is 1. The highest BCUT2D eigenvalue weighted by atomic mass is 19.4. The molecule has 0 bridgehead atoms. The van der Waals surface area contributed by atoms with E-state index in [4.69, 9.17) is 5.84 Å². The highest BCUT2D eigenvalue weighted by Gasteiger charge is 2.31. The van der Waals surface area contributed by atoms with Crippen molar-refractivity contribution in [1.82, 2.24) is 20.5 Å². The van der Waals surface area contributed by atoms with E-state index in [0.29, 0.717) is 5.82 Å². The van der Waals surface area contributed by atoms with Crippen molar-refractivity contribution in [3.8, 4) is 0 Å². The Balaban J connectivity index is 2.21. The normalized spacial score (nSPS) is 11.2. The molecule has 0 unspecified atom stereocenters. The molecule has 0 radical (unpaired) electrons. The van der Waals surface area contributed by atoms with Crippen LogP contribution >= 0.6 is 0 Å². The maximum absolute atomic E-state index is 12.7. The smallest absolute Gasteiger partial charge is 0.345 e. The van der Waals surface area contributed by atoms with Crippen LogP contribution in [-0.4, -0.2) is 21.1 Å². The first-order chi connectivity index (χ1) is 9.91. The number of benzene rings is 1. The molecule has 1 aromatic carbocycles. The summed E-state index contributed by atoms with van der Waals surface area (Å²) in [7, 11) is 0. The van der Waals surface area contributed by atoms with Crippen molar-refractivity contribution < 1.29 is 18.0 Å². The number of aromatic nitrogens is 3. The number of hydrogen-bond donors (Lipinski definition) is 4. The SMILES string of the molecule is NNc1ccc(C(F)(F)F)cc1C(=O)NCc1ncn[nH]1. The fourth-order valence-electron chi connectivity index (χ4n) is 1.61. The first-order valence-electron chi connectivity index (χ1n) is 5.72. The molecule has 7 nitrogen and oxygen atoms in total. The summed E-state index contributed by atoms with van der Waals surface area (Å²) in [6, 6.07) is 2.65. The van der Waals surface area contributed by atoms with Crippen LogP contribution in [0.2, 0.25) is 0 Å². The standard InChI is InChI=1S/C11H11F3N6O/c12-11(13,14)6-1-2-8(19-15)7(3-6)10(21)16-4-9-17-5-18-20-9/h1-3,5,19H,4,15H2,(H,16,21)(H,17,18,20). The third kappa shape index (κ3) is 3.48. The molecule has 2 aromatic rings. The second kappa shape index (κ2) is 5.79. The van der Waals surface area contributed by atoms with Crippen molar-refractivity contribution in [3.63, 3.8) is 0 Å². The third-order valence-electron chi connectivity index (χ3n) is 2.63. The predicted octanol–water partition coefficient (Wildman–Crippen LogP) is 1.04. The lowest BCUT2D eigenvalue weighted by atomic mass is 10.1. The molecule has 0 spiro atoms. The van der Waals surface area contributed by atoms with Crippen molar-refractivity contribution in [1.29, 1.82) is 0 Å². The van der Waals surface area contributed by atoms with E-state index in [2.05, 4.69) is 25.9 Å². The molecule has 0 fully saturated rings. The molecule has 1 heterocycles. The van der Waals surface area contributed by atoms with E-state index in [9.17, 15) is 18.0 Å². The van der Waals surface area contributed by atoms with E-state index < -0.39 is 17.6 Å². The lowest BCUT2D eigenvalue weighted by Gasteiger charge is -2.12. The van der Waals surface area contributed by atoms with Gasteiger partial charge in [-0.15, -0.1) is 0 Å². The van der Waals surface area contributed by atoms with Crippen LogP contribution in [0.5, 0.6) is 0 Å². The highest BCUT2D eigenvalue weighted by Crippen LogP contribution is 2.31. The van der Waals surface area contributed by atoms with Gasteiger partial charge in [0.05, 0.1) is 23.4 Å². The largest absolute Gasteiger partial charge is 0.416 e. The Morgan fingerprint density at radius 2 is 2.14 bits per heavy atom. The number of hydrazine groups is 1. The summed E-state index contributed by atoms with van der Waals surface area (Å²) in [6.45, 7) is -0.000903. The van der Waals surface area contributed by atoms with E-state index in [0.717, 1.165) is 18.2 Å². The maximum Gasteiger partial charge on any atom is 0.416 e. The third-order valence-corrected chi connectivity index (χ3v) is 2.63. The minimum absolute atomic E-state index is 0.000903. The van der Waals surface area contributed by atoms with Crippen molar-refractivity contribution in [2.24, 2.45) is 5.84 Å². The highest BCUT2D eigenvalue weighted by molar-refractivity contribution is 5.99. The molecule has 21 heavy (non-hydrogen) atoms. The number of alkyl halides is 3. The van der Waals surface area contributed by atoms with Gasteiger partial charge in [-0.25, -0.2) is 4.98 Å². The molecule has 112 valence electrons. The van der Waals surface area contributed by atoms with Crippen LogP contribution in [-0.2, 0) is 12.7 Å². The zero-order chi connectivity index (χ0) is 15.5. The number of hydrogen-bond acceptors (Lipinski definition) is 5. The monoisotopic (exact) mass is 300 g/mol. The molecule has 0 aliphatic rings. The van der Waals surface area contributed by atoms with Gasteiger partial charge in [-0.2, -0.15) is 18.3 Å². The number of amides is 1. The second-order valence-electron chi connectivity index (χ2n) is 4.02. The summed E-state index contributed by atoms with van der Waals surface area (Å²) in [6.07, 6.45) is -3.30. The Morgan fingerprint density at radius 1 is 1.38 bits per heavy atom. The number of rotatable bonds is 4. The van der Waals surface area contributed by atoms with Crippen molar-refractivity contribution >= 4 is 11.6 Å². The number of halogens is 3. The van der Waals surface area contributed by atoms with Gasteiger partial charge in [0.15, 0.2) is 0 Å². The summed E-state index contributed by atoms with van der Waals surface area (Å²) < 4.78 is 38.0. The zero-order valence-corrected chi connectivity index (χ0v) is 10.5. The number of nitrogens with one attached hydrogen (secondary N) is 3. The minimum atomic E-state index is -4.55. The first-order valence-corrected chi connectivity index (χ1v) is 5.72. The topological polar surface area (TPSA) is 109 Å². The van der Waals surface area contributed by atoms with Crippen LogP contribution < -0.4 is 16.6 Å². The van der Waals surface area contributed by atoms with E-state index in [1.807, 2.05) is 0 Å². The summed E-state index contributed by atoms with van der Waals surface area (Å²) in [5.74, 6) is 4.85. The van der Waals surface area contributed by atoms with Crippen LogP contribution in [0.3, 0.4) is 0 Å². The summed E-state index contributed by atoms with van der Waals surface area (Å²) >= 11 is 0. The second-order valence-corrected chi connectivity index (χ2v) is 4.02. The van der Waals surface area contributed by atoms with Gasteiger partial charge < -0.3 is 10.7 Å². The lowest BCUT2D eigenvalue weighted by Crippen LogP contribution is -2.26. The maximum atomic E-state index is 12.7. The van der Waals surface area contributed by atoms with Crippen LogP contribution in [0.25, 0.3) is 0 Å². The Kier molecular flexibility index (Phi) is 4.08. The van der Waals surface area contributed by atoms with Crippen LogP contribution in [0.15, 0.2) is 24.5 Å². The molecular formula is C11H11F3N6O. The van der Waals surface area contributed by atoms with Crippen LogP contribution in [0.1, 0.15) is 21.7 Å². The summed E-state index contributed by atoms with van der Waals surface area (Å²) in [4.78, 5) is 15.7. The van der Waals surface area contributed by atoms with Gasteiger partial charge in [-0.1, -0.05) is 0 Å². The van der Waals surface area contributed by atoms with Crippen LogP contribution in [0.4, 0.5) is 18.9 Å². The van der Waals surface area contributed by atoms with Crippen LogP contribution in [0, 0.1) is 0 Å². The average molecular weight is 300 g/mol. The van der Waals surface area contributed by atoms with Gasteiger partial charge in [0.2, 0.25) is 0 Å². The first kappa shape index (κ1) is 14.8. The Morgan fingerprint density at radius 3 is 2.71 bits per heavy atom.